The van der Waals surface area contributed by atoms with Crippen molar-refractivity contribution in [2.24, 2.45) is 5.11 Å². The van der Waals surface area contributed by atoms with E-state index in [-0.39, 0.29) is 11.5 Å². The van der Waals surface area contributed by atoms with E-state index >= 15 is 0 Å². The summed E-state index contributed by atoms with van der Waals surface area (Å²) in [6.45, 7) is 3.16. The molecule has 0 unspecified atom stereocenters. The molecule has 0 saturated carbocycles. The molecule has 4 atom stereocenters. The van der Waals surface area contributed by atoms with Gasteiger partial charge in [-0.05, 0) is 31.0 Å². The van der Waals surface area contributed by atoms with Crippen molar-refractivity contribution in [1.29, 1.82) is 0 Å². The molecule has 0 N–H and O–H groups in total. The van der Waals surface area contributed by atoms with E-state index in [9.17, 15) is 4.79 Å². The molecule has 6 nitrogen and oxygen atoms in total. The molecule has 0 aliphatic carbocycles. The van der Waals surface area contributed by atoms with Crippen molar-refractivity contribution in [3.63, 3.8) is 0 Å². The maximum absolute atomic E-state index is 11.2. The maximum atomic E-state index is 11.2. The molecule has 0 aromatic heterocycles. The summed E-state index contributed by atoms with van der Waals surface area (Å²) in [6.07, 6.45) is -0.350. The summed E-state index contributed by atoms with van der Waals surface area (Å²) in [7, 11) is 0. The number of esters is 1. The highest BCUT2D eigenvalue weighted by atomic mass is 32.2. The van der Waals surface area contributed by atoms with Gasteiger partial charge in [-0.2, -0.15) is 0 Å². The number of hydrogen-bond donors (Lipinski definition) is 0. The van der Waals surface area contributed by atoms with Crippen molar-refractivity contribution in [3.05, 3.63) is 40.8 Å². The lowest BCUT2D eigenvalue weighted by Crippen LogP contribution is -2.47. The van der Waals surface area contributed by atoms with Crippen LogP contribution in [-0.2, 0) is 14.3 Å². The summed E-state index contributed by atoms with van der Waals surface area (Å²) >= 11 is 1.57. The second-order valence-electron chi connectivity index (χ2n) is 4.78. The monoisotopic (exact) mass is 307 g/mol. The van der Waals surface area contributed by atoms with Crippen molar-refractivity contribution in [3.8, 4) is 0 Å². The maximum Gasteiger partial charge on any atom is 0.303 e. The van der Waals surface area contributed by atoms with Gasteiger partial charge >= 0.3 is 5.97 Å². The summed E-state index contributed by atoms with van der Waals surface area (Å²) < 4.78 is 11.1. The largest absolute Gasteiger partial charge is 0.459 e. The van der Waals surface area contributed by atoms with E-state index in [2.05, 4.69) is 10.0 Å². The zero-order valence-electron chi connectivity index (χ0n) is 11.9. The minimum atomic E-state index is -0.536. The van der Waals surface area contributed by atoms with Crippen molar-refractivity contribution < 1.29 is 14.3 Å². The number of benzene rings is 1. The number of hydrogen-bond acceptors (Lipinski definition) is 5. The summed E-state index contributed by atoms with van der Waals surface area (Å²) in [4.78, 5) is 15.1. The third kappa shape index (κ3) is 4.39. The Balaban J connectivity index is 2.08. The van der Waals surface area contributed by atoms with Gasteiger partial charge in [0, 0.05) is 16.7 Å². The Morgan fingerprint density at radius 1 is 1.48 bits per heavy atom. The van der Waals surface area contributed by atoms with Gasteiger partial charge in [-0.15, -0.1) is 0 Å². The van der Waals surface area contributed by atoms with Gasteiger partial charge in [0.1, 0.15) is 11.5 Å². The van der Waals surface area contributed by atoms with E-state index in [0.29, 0.717) is 6.42 Å². The molecule has 1 heterocycles. The standard InChI is InChI=1S/C14H17N3O3S/c1-9-14(20-10(2)18)12(16-17-15)8-13(19-9)21-11-6-4-3-5-7-11/h3-7,9,12-14H,8H2,1-2H3/t9-,12-,13+,14+/m0/s1. The van der Waals surface area contributed by atoms with Crippen LogP contribution in [0.1, 0.15) is 20.3 Å². The van der Waals surface area contributed by atoms with Gasteiger partial charge in [0.05, 0.1) is 12.1 Å². The predicted molar refractivity (Wildman–Crippen MR) is 79.7 cm³/mol. The number of azide groups is 1. The van der Waals surface area contributed by atoms with Crippen molar-refractivity contribution in [1.82, 2.24) is 0 Å². The van der Waals surface area contributed by atoms with Gasteiger partial charge in [0.15, 0.2) is 0 Å². The van der Waals surface area contributed by atoms with Gasteiger partial charge < -0.3 is 9.47 Å². The Bertz CT molecular complexity index is 534. The first kappa shape index (κ1) is 15.7. The number of nitrogens with zero attached hydrogens (tertiary/aromatic N) is 3. The first-order valence-corrected chi connectivity index (χ1v) is 7.56. The van der Waals surface area contributed by atoms with Crippen LogP contribution in [0, 0.1) is 0 Å². The highest BCUT2D eigenvalue weighted by Crippen LogP contribution is 2.34. The highest BCUT2D eigenvalue weighted by Gasteiger charge is 2.38. The Labute approximate surface area is 127 Å². The van der Waals surface area contributed by atoms with E-state index in [1.165, 1.54) is 6.92 Å². The second-order valence-corrected chi connectivity index (χ2v) is 6.02. The third-order valence-electron chi connectivity index (χ3n) is 3.15. The summed E-state index contributed by atoms with van der Waals surface area (Å²) in [5.41, 5.74) is 8.57. The summed E-state index contributed by atoms with van der Waals surface area (Å²) in [5.74, 6) is -0.400. The van der Waals surface area contributed by atoms with Crippen LogP contribution in [-0.4, -0.2) is 29.7 Å². The molecule has 0 radical (unpaired) electrons. The number of carbonyl (C=O) groups excluding carboxylic acids is 1. The highest BCUT2D eigenvalue weighted by molar-refractivity contribution is 7.99. The quantitative estimate of drug-likeness (QED) is 0.368. The molecule has 0 amide bonds. The van der Waals surface area contributed by atoms with E-state index < -0.39 is 18.1 Å². The van der Waals surface area contributed by atoms with E-state index in [0.717, 1.165) is 4.90 Å². The molecule has 1 aliphatic heterocycles. The molecular formula is C14H17N3O3S. The lowest BCUT2D eigenvalue weighted by molar-refractivity contribution is -0.163. The smallest absolute Gasteiger partial charge is 0.303 e. The van der Waals surface area contributed by atoms with E-state index in [1.54, 1.807) is 11.8 Å². The van der Waals surface area contributed by atoms with Crippen molar-refractivity contribution in [2.45, 2.75) is 48.8 Å². The first-order valence-electron chi connectivity index (χ1n) is 6.68. The normalized spacial score (nSPS) is 28.5. The molecule has 21 heavy (non-hydrogen) atoms. The Kier molecular flexibility index (Phi) is 5.50. The fourth-order valence-corrected chi connectivity index (χ4v) is 3.43. The summed E-state index contributed by atoms with van der Waals surface area (Å²) in [6, 6.07) is 9.46. The Morgan fingerprint density at radius 3 is 2.81 bits per heavy atom. The Morgan fingerprint density at radius 2 is 2.19 bits per heavy atom. The number of rotatable bonds is 4. The topological polar surface area (TPSA) is 84.3 Å². The molecule has 0 bridgehead atoms. The molecule has 2 rings (SSSR count). The SMILES string of the molecule is CC(=O)O[C@H]1[C@@H](N=[N+]=[N-])C[C@@H](Sc2ccccc2)O[C@H]1C. The van der Waals surface area contributed by atoms with Crippen LogP contribution < -0.4 is 0 Å². The van der Waals surface area contributed by atoms with Crippen molar-refractivity contribution >= 4 is 17.7 Å². The van der Waals surface area contributed by atoms with Crippen LogP contribution >= 0.6 is 11.8 Å². The number of carbonyl (C=O) groups is 1. The molecule has 1 aromatic carbocycles. The molecule has 1 saturated heterocycles. The molecular weight excluding hydrogens is 290 g/mol. The molecule has 1 aromatic rings. The molecule has 0 spiro atoms. The summed E-state index contributed by atoms with van der Waals surface area (Å²) in [5, 5.41) is 3.77. The predicted octanol–water partition coefficient (Wildman–Crippen LogP) is 3.52. The Hall–Kier alpha value is -1.69. The van der Waals surface area contributed by atoms with Gasteiger partial charge in [0.2, 0.25) is 0 Å². The molecule has 7 heteroatoms. The fraction of sp³-hybridized carbons (Fsp3) is 0.500. The van der Waals surface area contributed by atoms with Crippen LogP contribution in [0.5, 0.6) is 0 Å². The van der Waals surface area contributed by atoms with Crippen LogP contribution in [0.2, 0.25) is 0 Å². The lowest BCUT2D eigenvalue weighted by Gasteiger charge is -2.37. The molecule has 112 valence electrons. The zero-order valence-corrected chi connectivity index (χ0v) is 12.7. The number of thioether (sulfide) groups is 1. The van der Waals surface area contributed by atoms with Gasteiger partial charge in [0.25, 0.3) is 0 Å². The van der Waals surface area contributed by atoms with Crippen LogP contribution in [0.4, 0.5) is 0 Å². The van der Waals surface area contributed by atoms with Gasteiger partial charge in [-0.3, -0.25) is 4.79 Å². The number of ether oxygens (including phenoxy) is 2. The average Bonchev–Trinajstić information content (AvgIpc) is 2.44. The second kappa shape index (κ2) is 7.36. The van der Waals surface area contributed by atoms with Crippen LogP contribution in [0.3, 0.4) is 0 Å². The van der Waals surface area contributed by atoms with Crippen LogP contribution in [0.25, 0.3) is 10.4 Å². The average molecular weight is 307 g/mol. The van der Waals surface area contributed by atoms with Gasteiger partial charge in [-0.25, -0.2) is 0 Å². The minimum Gasteiger partial charge on any atom is -0.459 e. The van der Waals surface area contributed by atoms with Gasteiger partial charge in [-0.1, -0.05) is 35.1 Å². The van der Waals surface area contributed by atoms with E-state index in [1.807, 2.05) is 37.3 Å². The molecule has 1 aliphatic rings. The fourth-order valence-electron chi connectivity index (χ4n) is 2.29. The van der Waals surface area contributed by atoms with Crippen molar-refractivity contribution in [2.75, 3.05) is 0 Å². The third-order valence-corrected chi connectivity index (χ3v) is 4.27. The van der Waals surface area contributed by atoms with E-state index in [4.69, 9.17) is 15.0 Å². The van der Waals surface area contributed by atoms with Crippen LogP contribution in [0.15, 0.2) is 40.3 Å². The lowest BCUT2D eigenvalue weighted by atomic mass is 10.0. The zero-order chi connectivity index (χ0) is 15.2. The minimum absolute atomic E-state index is 0.135. The molecule has 1 fully saturated rings. The first-order chi connectivity index (χ1) is 10.1.